The maximum Gasteiger partial charge on any atom is 0.129 e. The van der Waals surface area contributed by atoms with E-state index in [4.69, 9.17) is 16.4 Å². The van der Waals surface area contributed by atoms with Crippen LogP contribution in [-0.4, -0.2) is 27.9 Å². The Balaban J connectivity index is 2.26. The average Bonchev–Trinajstić information content (AvgIpc) is 2.39. The third-order valence-electron chi connectivity index (χ3n) is 4.33. The van der Waals surface area contributed by atoms with Crippen molar-refractivity contribution in [3.8, 4) is 0 Å². The summed E-state index contributed by atoms with van der Waals surface area (Å²) in [4.78, 5) is 6.24. The third-order valence-corrected chi connectivity index (χ3v) is 4.67. The Morgan fingerprint density at radius 2 is 1.76 bits per heavy atom. The minimum Gasteiger partial charge on any atom is -0.393 e. The lowest BCUT2D eigenvalue weighted by molar-refractivity contribution is -0.311. The Hall–Kier alpha value is -0.610. The second-order valence-electron chi connectivity index (χ2n) is 7.07. The molecule has 1 aliphatic heterocycles. The molecule has 21 heavy (non-hydrogen) atoms. The van der Waals surface area contributed by atoms with Gasteiger partial charge < -0.3 is 5.11 Å². The zero-order chi connectivity index (χ0) is 15.7. The van der Waals surface area contributed by atoms with Crippen LogP contribution >= 0.6 is 11.6 Å². The monoisotopic (exact) mass is 311 g/mol. The van der Waals surface area contributed by atoms with E-state index in [9.17, 15) is 5.11 Å². The topological polar surface area (TPSA) is 32.7 Å². The van der Waals surface area contributed by atoms with Crippen LogP contribution in [0.1, 0.15) is 58.6 Å². The summed E-state index contributed by atoms with van der Waals surface area (Å²) in [5, 5.41) is 12.5. The molecular formula is C17H26ClNO2. The molecule has 3 nitrogen and oxygen atoms in total. The molecule has 1 heterocycles. The summed E-state index contributed by atoms with van der Waals surface area (Å²) in [5.41, 5.74) is 0.714. The quantitative estimate of drug-likeness (QED) is 0.897. The number of aliphatic hydroxyl groups excluding tert-OH is 1. The van der Waals surface area contributed by atoms with Crippen LogP contribution in [0.2, 0.25) is 5.02 Å². The average molecular weight is 312 g/mol. The van der Waals surface area contributed by atoms with Crippen molar-refractivity contribution < 1.29 is 9.94 Å². The Labute approximate surface area is 132 Å². The second kappa shape index (κ2) is 6.25. The van der Waals surface area contributed by atoms with Gasteiger partial charge in [0, 0.05) is 21.7 Å². The van der Waals surface area contributed by atoms with Crippen molar-refractivity contribution in [1.29, 1.82) is 0 Å². The van der Waals surface area contributed by atoms with Crippen LogP contribution in [0, 0.1) is 0 Å². The van der Waals surface area contributed by atoms with Crippen molar-refractivity contribution in [3.63, 3.8) is 0 Å². The highest BCUT2D eigenvalue weighted by molar-refractivity contribution is 6.31. The smallest absolute Gasteiger partial charge is 0.129 e. The van der Waals surface area contributed by atoms with Gasteiger partial charge in [0.05, 0.1) is 6.61 Å². The number of nitrogens with zero attached hydrogens (tertiary/aromatic N) is 1. The fourth-order valence-corrected chi connectivity index (χ4v) is 3.57. The standard InChI is InChI=1S/C17H26ClNO2/c1-16(2)10-7-11-17(3,4)19(16)21-15(12-20)13-8-5-6-9-14(13)18/h5-6,8-9,15,20H,7,10-12H2,1-4H3/t15-/m0/s1. The van der Waals surface area contributed by atoms with E-state index in [1.807, 2.05) is 24.3 Å². The summed E-state index contributed by atoms with van der Waals surface area (Å²) in [6.45, 7) is 8.67. The molecule has 1 N–H and O–H groups in total. The van der Waals surface area contributed by atoms with Crippen molar-refractivity contribution in [1.82, 2.24) is 5.06 Å². The summed E-state index contributed by atoms with van der Waals surface area (Å²) >= 11 is 6.25. The van der Waals surface area contributed by atoms with Gasteiger partial charge in [-0.1, -0.05) is 29.8 Å². The van der Waals surface area contributed by atoms with E-state index in [1.54, 1.807) is 0 Å². The van der Waals surface area contributed by atoms with Crippen LogP contribution in [0.5, 0.6) is 0 Å². The molecule has 0 aromatic heterocycles. The van der Waals surface area contributed by atoms with E-state index in [2.05, 4.69) is 32.8 Å². The number of hydrogen-bond donors (Lipinski definition) is 1. The molecule has 1 aromatic carbocycles. The molecule has 1 aliphatic rings. The molecule has 0 aliphatic carbocycles. The van der Waals surface area contributed by atoms with Crippen LogP contribution < -0.4 is 0 Å². The molecular weight excluding hydrogens is 286 g/mol. The molecule has 0 unspecified atom stereocenters. The lowest BCUT2D eigenvalue weighted by atomic mass is 9.82. The first-order valence-corrected chi connectivity index (χ1v) is 7.98. The fourth-order valence-electron chi connectivity index (χ4n) is 3.31. The lowest BCUT2D eigenvalue weighted by Gasteiger charge is -2.52. The summed E-state index contributed by atoms with van der Waals surface area (Å²) in [5.74, 6) is 0. The van der Waals surface area contributed by atoms with Crippen molar-refractivity contribution in [3.05, 3.63) is 34.9 Å². The van der Waals surface area contributed by atoms with Gasteiger partial charge >= 0.3 is 0 Å². The summed E-state index contributed by atoms with van der Waals surface area (Å²) in [6.07, 6.45) is 2.92. The molecule has 0 saturated carbocycles. The van der Waals surface area contributed by atoms with E-state index in [-0.39, 0.29) is 17.7 Å². The highest BCUT2D eigenvalue weighted by atomic mass is 35.5. The Morgan fingerprint density at radius 3 is 2.29 bits per heavy atom. The zero-order valence-electron chi connectivity index (χ0n) is 13.4. The number of piperidine rings is 1. The normalized spacial score (nSPS) is 23.0. The first-order valence-electron chi connectivity index (χ1n) is 7.60. The van der Waals surface area contributed by atoms with Gasteiger partial charge in [-0.05, 0) is 53.0 Å². The van der Waals surface area contributed by atoms with E-state index in [0.717, 1.165) is 18.4 Å². The molecule has 1 aromatic rings. The van der Waals surface area contributed by atoms with E-state index in [0.29, 0.717) is 5.02 Å². The van der Waals surface area contributed by atoms with Crippen LogP contribution in [-0.2, 0) is 4.84 Å². The van der Waals surface area contributed by atoms with E-state index < -0.39 is 6.10 Å². The predicted octanol–water partition coefficient (Wildman–Crippen LogP) is 4.35. The number of hydroxylamine groups is 2. The molecule has 1 fully saturated rings. The van der Waals surface area contributed by atoms with Gasteiger partial charge in [0.25, 0.3) is 0 Å². The van der Waals surface area contributed by atoms with Crippen molar-refractivity contribution in [2.75, 3.05) is 6.61 Å². The number of halogens is 1. The largest absolute Gasteiger partial charge is 0.393 e. The van der Waals surface area contributed by atoms with Crippen molar-refractivity contribution in [2.45, 2.75) is 64.1 Å². The minimum atomic E-state index is -0.435. The predicted molar refractivity (Wildman–Crippen MR) is 86.2 cm³/mol. The Morgan fingerprint density at radius 1 is 1.19 bits per heavy atom. The first kappa shape index (κ1) is 16.8. The molecule has 0 bridgehead atoms. The van der Waals surface area contributed by atoms with E-state index in [1.165, 1.54) is 6.42 Å². The SMILES string of the molecule is CC1(C)CCCC(C)(C)N1O[C@@H](CO)c1ccccc1Cl. The van der Waals surface area contributed by atoms with Crippen LogP contribution in [0.25, 0.3) is 0 Å². The fraction of sp³-hybridized carbons (Fsp3) is 0.647. The molecule has 1 saturated heterocycles. The van der Waals surface area contributed by atoms with Crippen LogP contribution in [0.3, 0.4) is 0 Å². The number of benzene rings is 1. The van der Waals surface area contributed by atoms with Gasteiger partial charge in [-0.25, -0.2) is 0 Å². The third kappa shape index (κ3) is 3.59. The molecule has 4 heteroatoms. The van der Waals surface area contributed by atoms with Crippen molar-refractivity contribution >= 4 is 11.6 Å². The van der Waals surface area contributed by atoms with Gasteiger partial charge in [-0.2, -0.15) is 5.06 Å². The molecule has 2 rings (SSSR count). The maximum absolute atomic E-state index is 9.76. The highest BCUT2D eigenvalue weighted by Crippen LogP contribution is 2.41. The number of aliphatic hydroxyl groups is 1. The van der Waals surface area contributed by atoms with Gasteiger partial charge in [0.1, 0.15) is 6.10 Å². The van der Waals surface area contributed by atoms with Gasteiger partial charge in [0.2, 0.25) is 0 Å². The second-order valence-corrected chi connectivity index (χ2v) is 7.48. The molecule has 0 amide bonds. The van der Waals surface area contributed by atoms with E-state index >= 15 is 0 Å². The maximum atomic E-state index is 9.76. The summed E-state index contributed by atoms with van der Waals surface area (Å²) < 4.78 is 0. The molecule has 0 radical (unpaired) electrons. The first-order chi connectivity index (χ1) is 9.78. The van der Waals surface area contributed by atoms with Gasteiger partial charge in [-0.3, -0.25) is 4.84 Å². The highest BCUT2D eigenvalue weighted by Gasteiger charge is 2.43. The number of rotatable bonds is 4. The molecule has 118 valence electrons. The van der Waals surface area contributed by atoms with Gasteiger partial charge in [-0.15, -0.1) is 0 Å². The van der Waals surface area contributed by atoms with Crippen LogP contribution in [0.15, 0.2) is 24.3 Å². The number of hydrogen-bond acceptors (Lipinski definition) is 3. The van der Waals surface area contributed by atoms with Gasteiger partial charge in [0.15, 0.2) is 0 Å². The Kier molecular flexibility index (Phi) is 4.99. The minimum absolute atomic E-state index is 0.0591. The van der Waals surface area contributed by atoms with Crippen molar-refractivity contribution in [2.24, 2.45) is 0 Å². The zero-order valence-corrected chi connectivity index (χ0v) is 14.2. The molecule has 1 atom stereocenters. The summed E-state index contributed by atoms with van der Waals surface area (Å²) in [7, 11) is 0. The Bertz CT molecular complexity index is 471. The lowest BCUT2D eigenvalue weighted by Crippen LogP contribution is -2.58. The van der Waals surface area contributed by atoms with Crippen LogP contribution in [0.4, 0.5) is 0 Å². The molecule has 0 spiro atoms. The summed E-state index contributed by atoms with van der Waals surface area (Å²) in [6, 6.07) is 7.54.